The Morgan fingerprint density at radius 3 is 2.85 bits per heavy atom. The molecular formula is C14H19Cl2NO2S. The summed E-state index contributed by atoms with van der Waals surface area (Å²) in [4.78, 5) is 0. The summed E-state index contributed by atoms with van der Waals surface area (Å²) in [5, 5.41) is 14.2. The molecule has 1 heterocycles. The van der Waals surface area contributed by atoms with Crippen LogP contribution >= 0.6 is 35.0 Å². The third-order valence-corrected chi connectivity index (χ3v) is 5.06. The molecular weight excluding hydrogens is 317 g/mol. The molecule has 0 bridgehead atoms. The Kier molecular flexibility index (Phi) is 6.78. The number of aliphatic hydroxyl groups is 1. The average molecular weight is 336 g/mol. The third kappa shape index (κ3) is 5.01. The predicted octanol–water partition coefficient (Wildman–Crippen LogP) is 3.22. The van der Waals surface area contributed by atoms with Gasteiger partial charge in [-0.2, -0.15) is 11.8 Å². The second-order valence-electron chi connectivity index (χ2n) is 4.81. The summed E-state index contributed by atoms with van der Waals surface area (Å²) < 4.78 is 5.51. The van der Waals surface area contributed by atoms with Crippen LogP contribution in [0.15, 0.2) is 18.2 Å². The average Bonchev–Trinajstić information content (AvgIpc) is 2.48. The van der Waals surface area contributed by atoms with E-state index in [1.165, 1.54) is 24.3 Å². The molecule has 2 N–H and O–H groups in total. The Balaban J connectivity index is 1.71. The van der Waals surface area contributed by atoms with Gasteiger partial charge in [-0.15, -0.1) is 0 Å². The van der Waals surface area contributed by atoms with Crippen LogP contribution in [-0.4, -0.2) is 41.9 Å². The van der Waals surface area contributed by atoms with Crippen LogP contribution in [0.4, 0.5) is 0 Å². The molecule has 1 aromatic carbocycles. The zero-order valence-corrected chi connectivity index (χ0v) is 13.5. The van der Waals surface area contributed by atoms with Crippen LogP contribution in [0, 0.1) is 0 Å². The molecule has 3 nitrogen and oxygen atoms in total. The molecule has 2 rings (SSSR count). The number of ether oxygens (including phenoxy) is 1. The standard InChI is InChI=1S/C14H19Cl2NO2S/c15-12-2-1-3-13(14(12)16)19-9-11(18)8-17-10-4-6-20-7-5-10/h1-3,10-11,17-18H,4-9H2. The van der Waals surface area contributed by atoms with Crippen molar-refractivity contribution in [3.05, 3.63) is 28.2 Å². The fourth-order valence-electron chi connectivity index (χ4n) is 2.04. The van der Waals surface area contributed by atoms with Crippen molar-refractivity contribution in [1.29, 1.82) is 0 Å². The molecule has 0 spiro atoms. The fourth-order valence-corrected chi connectivity index (χ4v) is 3.50. The van der Waals surface area contributed by atoms with Gasteiger partial charge in [0.2, 0.25) is 0 Å². The molecule has 112 valence electrons. The van der Waals surface area contributed by atoms with Crippen LogP contribution in [-0.2, 0) is 0 Å². The largest absolute Gasteiger partial charge is 0.489 e. The van der Waals surface area contributed by atoms with E-state index >= 15 is 0 Å². The minimum atomic E-state index is -0.556. The van der Waals surface area contributed by atoms with Gasteiger partial charge in [-0.1, -0.05) is 29.3 Å². The summed E-state index contributed by atoms with van der Waals surface area (Å²) >= 11 is 13.9. The normalized spacial score (nSPS) is 17.9. The van der Waals surface area contributed by atoms with Gasteiger partial charge in [-0.25, -0.2) is 0 Å². The van der Waals surface area contributed by atoms with Gasteiger partial charge in [0.15, 0.2) is 0 Å². The van der Waals surface area contributed by atoms with Crippen LogP contribution in [0.1, 0.15) is 12.8 Å². The van der Waals surface area contributed by atoms with Gasteiger partial charge in [0, 0.05) is 12.6 Å². The molecule has 1 atom stereocenters. The first-order chi connectivity index (χ1) is 9.66. The van der Waals surface area contributed by atoms with Crippen molar-refractivity contribution in [2.75, 3.05) is 24.7 Å². The smallest absolute Gasteiger partial charge is 0.139 e. The number of nitrogens with one attached hydrogen (secondary N) is 1. The Morgan fingerprint density at radius 1 is 1.35 bits per heavy atom. The van der Waals surface area contributed by atoms with Crippen molar-refractivity contribution in [3.8, 4) is 5.75 Å². The van der Waals surface area contributed by atoms with Gasteiger partial charge in [0.25, 0.3) is 0 Å². The van der Waals surface area contributed by atoms with Crippen molar-refractivity contribution < 1.29 is 9.84 Å². The third-order valence-electron chi connectivity index (χ3n) is 3.21. The van der Waals surface area contributed by atoms with E-state index in [2.05, 4.69) is 5.32 Å². The Labute approximate surface area is 134 Å². The maximum atomic E-state index is 9.93. The van der Waals surface area contributed by atoms with E-state index in [9.17, 15) is 5.11 Å². The van der Waals surface area contributed by atoms with Crippen LogP contribution in [0.5, 0.6) is 5.75 Å². The zero-order valence-electron chi connectivity index (χ0n) is 11.1. The molecule has 0 aromatic heterocycles. The van der Waals surface area contributed by atoms with E-state index < -0.39 is 6.10 Å². The van der Waals surface area contributed by atoms with Crippen LogP contribution in [0.3, 0.4) is 0 Å². The van der Waals surface area contributed by atoms with Crippen LogP contribution in [0.25, 0.3) is 0 Å². The predicted molar refractivity (Wildman–Crippen MR) is 86.3 cm³/mol. The lowest BCUT2D eigenvalue weighted by Gasteiger charge is -2.24. The number of hydrogen-bond acceptors (Lipinski definition) is 4. The SMILES string of the molecule is OC(CNC1CCSCC1)COc1cccc(Cl)c1Cl. The highest BCUT2D eigenvalue weighted by molar-refractivity contribution is 7.99. The van der Waals surface area contributed by atoms with Gasteiger partial charge in [-0.3, -0.25) is 0 Å². The van der Waals surface area contributed by atoms with E-state index in [-0.39, 0.29) is 6.61 Å². The molecule has 1 aromatic rings. The second-order valence-corrected chi connectivity index (χ2v) is 6.82. The lowest BCUT2D eigenvalue weighted by molar-refractivity contribution is 0.103. The minimum Gasteiger partial charge on any atom is -0.489 e. The number of thioether (sulfide) groups is 1. The van der Waals surface area contributed by atoms with E-state index in [1.54, 1.807) is 18.2 Å². The van der Waals surface area contributed by atoms with Gasteiger partial charge < -0.3 is 15.2 Å². The molecule has 1 fully saturated rings. The first-order valence-electron chi connectivity index (χ1n) is 6.73. The highest BCUT2D eigenvalue weighted by Crippen LogP contribution is 2.31. The lowest BCUT2D eigenvalue weighted by atomic mass is 10.1. The molecule has 1 aliphatic heterocycles. The lowest BCUT2D eigenvalue weighted by Crippen LogP contribution is -2.39. The van der Waals surface area contributed by atoms with Gasteiger partial charge in [0.1, 0.15) is 23.5 Å². The molecule has 20 heavy (non-hydrogen) atoms. The number of hydrogen-bond donors (Lipinski definition) is 2. The molecule has 6 heteroatoms. The summed E-state index contributed by atoms with van der Waals surface area (Å²) in [6, 6.07) is 5.73. The van der Waals surface area contributed by atoms with Crippen molar-refractivity contribution in [2.24, 2.45) is 0 Å². The second kappa shape index (κ2) is 8.35. The van der Waals surface area contributed by atoms with Gasteiger partial charge >= 0.3 is 0 Å². The van der Waals surface area contributed by atoms with Gasteiger partial charge in [0.05, 0.1) is 5.02 Å². The highest BCUT2D eigenvalue weighted by Gasteiger charge is 2.15. The maximum absolute atomic E-state index is 9.93. The van der Waals surface area contributed by atoms with E-state index in [0.29, 0.717) is 28.4 Å². The minimum absolute atomic E-state index is 0.203. The fraction of sp³-hybridized carbons (Fsp3) is 0.571. The highest BCUT2D eigenvalue weighted by atomic mass is 35.5. The summed E-state index contributed by atoms with van der Waals surface area (Å²) in [5.41, 5.74) is 0. The quantitative estimate of drug-likeness (QED) is 0.837. The molecule has 0 amide bonds. The molecule has 0 saturated carbocycles. The molecule has 0 radical (unpaired) electrons. The van der Waals surface area contributed by atoms with Crippen LogP contribution < -0.4 is 10.1 Å². The number of halogens is 2. The Bertz CT molecular complexity index is 428. The van der Waals surface area contributed by atoms with Crippen molar-refractivity contribution in [1.82, 2.24) is 5.32 Å². The summed E-state index contributed by atoms with van der Waals surface area (Å²) in [5.74, 6) is 2.90. The first-order valence-corrected chi connectivity index (χ1v) is 8.64. The van der Waals surface area contributed by atoms with Crippen molar-refractivity contribution in [2.45, 2.75) is 25.0 Å². The van der Waals surface area contributed by atoms with E-state index in [4.69, 9.17) is 27.9 Å². The first kappa shape index (κ1) is 16.2. The zero-order chi connectivity index (χ0) is 14.4. The van der Waals surface area contributed by atoms with Crippen LogP contribution in [0.2, 0.25) is 10.0 Å². The van der Waals surface area contributed by atoms with Crippen molar-refractivity contribution >= 4 is 35.0 Å². The van der Waals surface area contributed by atoms with E-state index in [1.807, 2.05) is 11.8 Å². The molecule has 1 saturated heterocycles. The Morgan fingerprint density at radius 2 is 2.10 bits per heavy atom. The molecule has 1 unspecified atom stereocenters. The van der Waals surface area contributed by atoms with Crippen molar-refractivity contribution in [3.63, 3.8) is 0 Å². The summed E-state index contributed by atoms with van der Waals surface area (Å²) in [6.07, 6.45) is 1.77. The topological polar surface area (TPSA) is 41.5 Å². The summed E-state index contributed by atoms with van der Waals surface area (Å²) in [6.45, 7) is 0.738. The maximum Gasteiger partial charge on any atom is 0.139 e. The van der Waals surface area contributed by atoms with Gasteiger partial charge in [-0.05, 0) is 36.5 Å². The molecule has 1 aliphatic rings. The number of benzene rings is 1. The van der Waals surface area contributed by atoms with E-state index in [0.717, 1.165) is 0 Å². The Hall–Kier alpha value is -0.130. The summed E-state index contributed by atoms with van der Waals surface area (Å²) in [7, 11) is 0. The monoisotopic (exact) mass is 335 g/mol. The number of aliphatic hydroxyl groups excluding tert-OH is 1. The number of rotatable bonds is 6. The molecule has 0 aliphatic carbocycles.